The van der Waals surface area contributed by atoms with E-state index in [4.69, 9.17) is 0 Å². The Hall–Kier alpha value is -0.0831. The lowest BCUT2D eigenvalue weighted by molar-refractivity contribution is 0.251. The van der Waals surface area contributed by atoms with Crippen molar-refractivity contribution >= 4 is 8.80 Å². The van der Waals surface area contributed by atoms with Gasteiger partial charge in [0.05, 0.1) is 8.80 Å². The van der Waals surface area contributed by atoms with Gasteiger partial charge < -0.3 is 0 Å². The monoisotopic (exact) mass is 267 g/mol. The van der Waals surface area contributed by atoms with Gasteiger partial charge in [-0.15, -0.1) is 5.70 Å². The zero-order valence-electron chi connectivity index (χ0n) is 12.8. The third-order valence-corrected chi connectivity index (χ3v) is 7.60. The predicted molar refractivity (Wildman–Crippen MR) is 86.0 cm³/mol. The average molecular weight is 268 g/mol. The minimum absolute atomic E-state index is 0.563. The zero-order chi connectivity index (χ0) is 13.2. The normalized spacial score (nSPS) is 20.4. The first-order chi connectivity index (χ1) is 8.77. The van der Waals surface area contributed by atoms with Gasteiger partial charge in [-0.3, -0.25) is 4.90 Å². The highest BCUT2D eigenvalue weighted by Gasteiger charge is 2.13. The van der Waals surface area contributed by atoms with E-state index in [2.05, 4.69) is 37.4 Å². The van der Waals surface area contributed by atoms with Crippen LogP contribution in [-0.2, 0) is 0 Å². The van der Waals surface area contributed by atoms with Crippen molar-refractivity contribution in [2.45, 2.75) is 77.4 Å². The second-order valence-electron chi connectivity index (χ2n) is 5.91. The second-order valence-corrected chi connectivity index (χ2v) is 8.97. The molecule has 0 aliphatic carbocycles. The summed E-state index contributed by atoms with van der Waals surface area (Å²) in [6, 6.07) is 3.67. The van der Waals surface area contributed by atoms with Gasteiger partial charge in [0.25, 0.3) is 0 Å². The van der Waals surface area contributed by atoms with Crippen LogP contribution in [0.5, 0.6) is 0 Å². The lowest BCUT2D eigenvalue weighted by Gasteiger charge is -2.25. The third kappa shape index (κ3) is 6.19. The van der Waals surface area contributed by atoms with E-state index in [1.807, 2.05) is 0 Å². The van der Waals surface area contributed by atoms with E-state index in [1.165, 1.54) is 63.7 Å². The lowest BCUT2D eigenvalue weighted by Crippen LogP contribution is -2.32. The molecule has 1 heterocycles. The standard InChI is InChI=1S/C16H33NSi/c1-4-13-18(14-5-2)15-10-16(3)17-11-8-6-7-9-12-17/h10,15-16,18H,4-9,11-14H2,1-3H3. The second kappa shape index (κ2) is 9.80. The highest BCUT2D eigenvalue weighted by atomic mass is 28.3. The highest BCUT2D eigenvalue weighted by molar-refractivity contribution is 6.64. The van der Waals surface area contributed by atoms with Gasteiger partial charge in [0.1, 0.15) is 0 Å². The minimum Gasteiger partial charge on any atom is -0.297 e. The van der Waals surface area contributed by atoms with E-state index in [1.54, 1.807) is 0 Å². The van der Waals surface area contributed by atoms with E-state index in [0.717, 1.165) is 0 Å². The molecule has 1 saturated heterocycles. The van der Waals surface area contributed by atoms with Crippen LogP contribution in [0.1, 0.15) is 59.3 Å². The quantitative estimate of drug-likeness (QED) is 0.618. The van der Waals surface area contributed by atoms with Crippen molar-refractivity contribution in [1.29, 1.82) is 0 Å². The molecule has 2 heteroatoms. The summed E-state index contributed by atoms with van der Waals surface area (Å²) in [5, 5.41) is 0. The van der Waals surface area contributed by atoms with Gasteiger partial charge in [-0.1, -0.05) is 57.7 Å². The van der Waals surface area contributed by atoms with Crippen molar-refractivity contribution in [2.75, 3.05) is 13.1 Å². The van der Waals surface area contributed by atoms with Crippen molar-refractivity contribution < 1.29 is 0 Å². The molecule has 1 fully saturated rings. The Morgan fingerprint density at radius 3 is 2.06 bits per heavy atom. The summed E-state index contributed by atoms with van der Waals surface area (Å²) in [4.78, 5) is 2.69. The van der Waals surface area contributed by atoms with Gasteiger partial charge in [-0.05, 0) is 32.9 Å². The fourth-order valence-corrected chi connectivity index (χ4v) is 5.81. The molecule has 18 heavy (non-hydrogen) atoms. The largest absolute Gasteiger partial charge is 0.297 e. The average Bonchev–Trinajstić information content (AvgIpc) is 2.65. The maximum atomic E-state index is 2.69. The van der Waals surface area contributed by atoms with Crippen LogP contribution in [0.4, 0.5) is 0 Å². The molecule has 0 amide bonds. The van der Waals surface area contributed by atoms with Crippen LogP contribution in [0.15, 0.2) is 11.8 Å². The van der Waals surface area contributed by atoms with Gasteiger partial charge in [-0.2, -0.15) is 0 Å². The third-order valence-electron chi connectivity index (χ3n) is 4.20. The van der Waals surface area contributed by atoms with Crippen LogP contribution in [0.2, 0.25) is 12.1 Å². The maximum Gasteiger partial charge on any atom is 0.0611 e. The topological polar surface area (TPSA) is 3.24 Å². The Morgan fingerprint density at radius 2 is 1.56 bits per heavy atom. The SMILES string of the molecule is CCC[SiH](C=CC(C)N1CCCCCC1)CCC. The lowest BCUT2D eigenvalue weighted by atomic mass is 10.2. The minimum atomic E-state index is -0.563. The molecule has 0 aromatic carbocycles. The molecule has 1 unspecified atom stereocenters. The van der Waals surface area contributed by atoms with Crippen LogP contribution in [0.25, 0.3) is 0 Å². The van der Waals surface area contributed by atoms with E-state index in [0.29, 0.717) is 6.04 Å². The van der Waals surface area contributed by atoms with Gasteiger partial charge in [0.15, 0.2) is 0 Å². The van der Waals surface area contributed by atoms with Gasteiger partial charge in [0.2, 0.25) is 0 Å². The molecule has 1 aliphatic rings. The number of rotatable bonds is 7. The highest BCUT2D eigenvalue weighted by Crippen LogP contribution is 2.14. The molecular formula is C16H33NSi. The molecular weight excluding hydrogens is 234 g/mol. The first-order valence-electron chi connectivity index (χ1n) is 8.20. The van der Waals surface area contributed by atoms with Crippen molar-refractivity contribution in [3.05, 3.63) is 11.8 Å². The molecule has 106 valence electrons. The molecule has 1 nitrogen and oxygen atoms in total. The summed E-state index contributed by atoms with van der Waals surface area (Å²) in [6.07, 6.45) is 11.0. The number of likely N-dealkylation sites (tertiary alicyclic amines) is 1. The maximum absolute atomic E-state index is 2.69. The molecule has 0 N–H and O–H groups in total. The molecule has 0 radical (unpaired) electrons. The molecule has 0 aromatic rings. The molecule has 0 aromatic heterocycles. The zero-order valence-corrected chi connectivity index (χ0v) is 14.0. The molecule has 1 atom stereocenters. The Bertz CT molecular complexity index is 213. The predicted octanol–water partition coefficient (Wildman–Crippen LogP) is 4.39. The van der Waals surface area contributed by atoms with E-state index >= 15 is 0 Å². The number of hydrogen-bond acceptors (Lipinski definition) is 1. The van der Waals surface area contributed by atoms with Crippen LogP contribution in [0.3, 0.4) is 0 Å². The number of hydrogen-bond donors (Lipinski definition) is 0. The molecule has 0 saturated carbocycles. The first kappa shape index (κ1) is 16.0. The summed E-state index contributed by atoms with van der Waals surface area (Å²) in [5.74, 6) is 0. The van der Waals surface area contributed by atoms with Crippen molar-refractivity contribution in [3.63, 3.8) is 0 Å². The van der Waals surface area contributed by atoms with Gasteiger partial charge in [-0.25, -0.2) is 0 Å². The van der Waals surface area contributed by atoms with E-state index in [-0.39, 0.29) is 0 Å². The van der Waals surface area contributed by atoms with Gasteiger partial charge in [0, 0.05) is 6.04 Å². The summed E-state index contributed by atoms with van der Waals surface area (Å²) in [6.45, 7) is 9.70. The molecule has 0 bridgehead atoms. The van der Waals surface area contributed by atoms with Crippen molar-refractivity contribution in [2.24, 2.45) is 0 Å². The fraction of sp³-hybridized carbons (Fsp3) is 0.875. The van der Waals surface area contributed by atoms with Crippen molar-refractivity contribution in [1.82, 2.24) is 4.90 Å². The summed E-state index contributed by atoms with van der Waals surface area (Å²) >= 11 is 0. The van der Waals surface area contributed by atoms with Crippen LogP contribution < -0.4 is 0 Å². The Morgan fingerprint density at radius 1 is 1.00 bits per heavy atom. The molecule has 1 aliphatic heterocycles. The van der Waals surface area contributed by atoms with Crippen LogP contribution in [-0.4, -0.2) is 32.8 Å². The Kier molecular flexibility index (Phi) is 8.69. The van der Waals surface area contributed by atoms with Crippen LogP contribution in [0, 0.1) is 0 Å². The van der Waals surface area contributed by atoms with E-state index in [9.17, 15) is 0 Å². The molecule has 1 rings (SSSR count). The summed E-state index contributed by atoms with van der Waals surface area (Å²) in [7, 11) is -0.563. The molecule has 0 spiro atoms. The number of nitrogens with zero attached hydrogens (tertiary/aromatic N) is 1. The van der Waals surface area contributed by atoms with Gasteiger partial charge >= 0.3 is 0 Å². The summed E-state index contributed by atoms with van der Waals surface area (Å²) < 4.78 is 0. The van der Waals surface area contributed by atoms with Crippen molar-refractivity contribution in [3.8, 4) is 0 Å². The smallest absolute Gasteiger partial charge is 0.0611 e. The first-order valence-corrected chi connectivity index (χ1v) is 10.5. The van der Waals surface area contributed by atoms with E-state index < -0.39 is 8.80 Å². The fourth-order valence-electron chi connectivity index (χ4n) is 3.02. The Balaban J connectivity index is 2.41. The Labute approximate surface area is 116 Å². The summed E-state index contributed by atoms with van der Waals surface area (Å²) in [5.41, 5.74) is 2.64. The van der Waals surface area contributed by atoms with Crippen LogP contribution >= 0.6 is 0 Å².